The fourth-order valence-electron chi connectivity index (χ4n) is 0.235. The van der Waals surface area contributed by atoms with Crippen LogP contribution in [0.25, 0.3) is 0 Å². The van der Waals surface area contributed by atoms with E-state index in [-0.39, 0.29) is 0 Å². The highest BCUT2D eigenvalue weighted by molar-refractivity contribution is 7.86. The largest absolute Gasteiger partial charge is 0.384 e. The molecule has 0 saturated carbocycles. The summed E-state index contributed by atoms with van der Waals surface area (Å²) < 4.78 is 51.7. The average molecular weight is 175 g/mol. The lowest BCUT2D eigenvalue weighted by Gasteiger charge is -2.15. The summed E-state index contributed by atoms with van der Waals surface area (Å²) in [7, 11) is -5.36. The molecule has 0 radical (unpaired) electrons. The van der Waals surface area contributed by atoms with Gasteiger partial charge in [0.2, 0.25) is 0 Å². The van der Waals surface area contributed by atoms with Crippen LogP contribution in [0.15, 0.2) is 0 Å². The van der Waals surface area contributed by atoms with E-state index in [2.05, 4.69) is 5.73 Å². The second kappa shape index (κ2) is 2.40. The van der Waals surface area contributed by atoms with Crippen molar-refractivity contribution in [2.75, 3.05) is 0 Å². The molecule has 0 aromatic rings. The van der Waals surface area contributed by atoms with Gasteiger partial charge in [0.05, 0.1) is 6.04 Å². The van der Waals surface area contributed by atoms with E-state index in [1.807, 2.05) is 0 Å². The maximum Gasteiger partial charge on any atom is 0.384 e. The van der Waals surface area contributed by atoms with Gasteiger partial charge in [-0.25, -0.2) is 0 Å². The van der Waals surface area contributed by atoms with Crippen molar-refractivity contribution < 1.29 is 21.8 Å². The van der Waals surface area contributed by atoms with Crippen molar-refractivity contribution in [2.24, 2.45) is 5.73 Å². The first-order valence-electron chi connectivity index (χ1n) is 2.30. The van der Waals surface area contributed by atoms with E-state index in [4.69, 9.17) is 4.55 Å². The Bertz CT molecular complexity index is 210. The summed E-state index contributed by atoms with van der Waals surface area (Å²) >= 11 is 0. The number of hydrogen-bond acceptors (Lipinski definition) is 3. The summed E-state index contributed by atoms with van der Waals surface area (Å²) in [6.07, 6.45) is 0. The Morgan fingerprint density at radius 1 is 1.60 bits per heavy atom. The summed E-state index contributed by atoms with van der Waals surface area (Å²) in [5.41, 5.74) is 4.57. The number of rotatable bonds is 2. The minimum Gasteiger partial charge on any atom is -0.322 e. The van der Waals surface area contributed by atoms with Gasteiger partial charge in [-0.3, -0.25) is 4.55 Å². The molecule has 0 heterocycles. The van der Waals surface area contributed by atoms with Gasteiger partial charge >= 0.3 is 15.4 Å². The minimum atomic E-state index is -5.36. The number of alkyl halides is 2. The molecule has 7 heteroatoms. The van der Waals surface area contributed by atoms with Crippen molar-refractivity contribution in [3.8, 4) is 0 Å². The third-order valence-electron chi connectivity index (χ3n) is 0.874. The molecule has 0 aliphatic rings. The van der Waals surface area contributed by atoms with E-state index in [0.29, 0.717) is 0 Å². The molecule has 0 fully saturated rings. The second-order valence-corrected chi connectivity index (χ2v) is 3.32. The van der Waals surface area contributed by atoms with Gasteiger partial charge in [-0.05, 0) is 6.92 Å². The molecule has 0 bridgehead atoms. The van der Waals surface area contributed by atoms with E-state index in [1.54, 1.807) is 0 Å². The molecular weight excluding hydrogens is 168 g/mol. The van der Waals surface area contributed by atoms with Crippen LogP contribution in [0.1, 0.15) is 6.92 Å². The van der Waals surface area contributed by atoms with Gasteiger partial charge in [0, 0.05) is 0 Å². The molecule has 0 rings (SSSR count). The van der Waals surface area contributed by atoms with Gasteiger partial charge in [-0.1, -0.05) is 0 Å². The molecule has 10 heavy (non-hydrogen) atoms. The summed E-state index contributed by atoms with van der Waals surface area (Å²) in [6.45, 7) is 0.785. The van der Waals surface area contributed by atoms with Crippen LogP contribution in [0.3, 0.4) is 0 Å². The topological polar surface area (TPSA) is 80.4 Å². The van der Waals surface area contributed by atoms with Gasteiger partial charge in [-0.2, -0.15) is 17.2 Å². The first kappa shape index (κ1) is 9.73. The molecule has 0 amide bonds. The molecule has 0 aromatic carbocycles. The summed E-state index contributed by atoms with van der Waals surface area (Å²) in [5, 5.41) is -4.26. The Morgan fingerprint density at radius 2 is 1.90 bits per heavy atom. The van der Waals surface area contributed by atoms with Gasteiger partial charge in [0.1, 0.15) is 0 Å². The number of nitrogens with two attached hydrogens (primary N) is 1. The SMILES string of the molecule is C[C@H](N)C(F)(F)S(=O)(=O)O. The Kier molecular flexibility index (Phi) is 2.34. The van der Waals surface area contributed by atoms with Crippen LogP contribution in [0.5, 0.6) is 0 Å². The average Bonchev–Trinajstić information content (AvgIpc) is 1.62. The van der Waals surface area contributed by atoms with Crippen LogP contribution in [0.2, 0.25) is 0 Å². The Morgan fingerprint density at radius 3 is 1.90 bits per heavy atom. The van der Waals surface area contributed by atoms with E-state index >= 15 is 0 Å². The zero-order chi connectivity index (χ0) is 8.58. The van der Waals surface area contributed by atoms with Crippen molar-refractivity contribution in [3.05, 3.63) is 0 Å². The third kappa shape index (κ3) is 1.61. The van der Waals surface area contributed by atoms with Crippen molar-refractivity contribution in [1.29, 1.82) is 0 Å². The zero-order valence-electron chi connectivity index (χ0n) is 5.08. The molecular formula is C3H7F2NO3S. The first-order chi connectivity index (χ1) is 4.19. The molecule has 62 valence electrons. The van der Waals surface area contributed by atoms with E-state index in [1.165, 1.54) is 0 Å². The molecule has 1 atom stereocenters. The molecule has 0 spiro atoms. The minimum absolute atomic E-state index is 0.785. The molecule has 4 nitrogen and oxygen atoms in total. The molecule has 0 aliphatic carbocycles. The lowest BCUT2D eigenvalue weighted by Crippen LogP contribution is -2.44. The fraction of sp³-hybridized carbons (Fsp3) is 1.00. The Hall–Kier alpha value is -0.270. The highest BCUT2D eigenvalue weighted by Crippen LogP contribution is 2.22. The summed E-state index contributed by atoms with van der Waals surface area (Å²) in [4.78, 5) is 0. The lowest BCUT2D eigenvalue weighted by molar-refractivity contribution is 0.0586. The Labute approximate surface area is 56.8 Å². The predicted octanol–water partition coefficient (Wildman–Crippen LogP) is -0.186. The van der Waals surface area contributed by atoms with Crippen molar-refractivity contribution in [3.63, 3.8) is 0 Å². The standard InChI is InChI=1S/C3H7F2NO3S/c1-2(6)3(4,5)10(7,8)9/h2H,6H2,1H3,(H,7,8,9)/t2-/m0/s1. The van der Waals surface area contributed by atoms with Crippen LogP contribution < -0.4 is 5.73 Å². The molecule has 0 aliphatic heterocycles. The van der Waals surface area contributed by atoms with Gasteiger partial charge in [0.15, 0.2) is 0 Å². The monoisotopic (exact) mass is 175 g/mol. The van der Waals surface area contributed by atoms with Crippen molar-refractivity contribution in [1.82, 2.24) is 0 Å². The Balaban J connectivity index is 4.76. The van der Waals surface area contributed by atoms with Crippen LogP contribution in [0.4, 0.5) is 8.78 Å². The van der Waals surface area contributed by atoms with Crippen LogP contribution >= 0.6 is 0 Å². The quantitative estimate of drug-likeness (QED) is 0.570. The zero-order valence-corrected chi connectivity index (χ0v) is 5.90. The van der Waals surface area contributed by atoms with Crippen LogP contribution in [-0.4, -0.2) is 24.3 Å². The lowest BCUT2D eigenvalue weighted by atomic mass is 10.4. The first-order valence-corrected chi connectivity index (χ1v) is 3.74. The van der Waals surface area contributed by atoms with Crippen LogP contribution in [0, 0.1) is 0 Å². The van der Waals surface area contributed by atoms with Crippen molar-refractivity contribution >= 4 is 10.1 Å². The smallest absolute Gasteiger partial charge is 0.322 e. The fourth-order valence-corrected chi connectivity index (χ4v) is 0.705. The predicted molar refractivity (Wildman–Crippen MR) is 30.1 cm³/mol. The van der Waals surface area contributed by atoms with Gasteiger partial charge < -0.3 is 5.73 Å². The summed E-state index contributed by atoms with van der Waals surface area (Å²) in [5.74, 6) is 0. The van der Waals surface area contributed by atoms with E-state index in [0.717, 1.165) is 6.92 Å². The molecule has 0 unspecified atom stereocenters. The third-order valence-corrected chi connectivity index (χ3v) is 1.93. The molecule has 3 N–H and O–H groups in total. The molecule has 0 aromatic heterocycles. The summed E-state index contributed by atoms with van der Waals surface area (Å²) in [6, 6.07) is -1.91. The highest BCUT2D eigenvalue weighted by atomic mass is 32.2. The second-order valence-electron chi connectivity index (χ2n) is 1.83. The number of hydrogen-bond donors (Lipinski definition) is 2. The maximum absolute atomic E-state index is 12.1. The van der Waals surface area contributed by atoms with Crippen molar-refractivity contribution in [2.45, 2.75) is 18.2 Å². The van der Waals surface area contributed by atoms with E-state index in [9.17, 15) is 17.2 Å². The highest BCUT2D eigenvalue weighted by Gasteiger charge is 2.47. The van der Waals surface area contributed by atoms with Gasteiger partial charge in [0.25, 0.3) is 0 Å². The maximum atomic E-state index is 12.1. The molecule has 0 saturated heterocycles. The van der Waals surface area contributed by atoms with E-state index < -0.39 is 21.4 Å². The number of halogens is 2. The van der Waals surface area contributed by atoms with Gasteiger partial charge in [-0.15, -0.1) is 0 Å². The normalized spacial score (nSPS) is 16.9. The van der Waals surface area contributed by atoms with Crippen LogP contribution in [-0.2, 0) is 10.1 Å².